The van der Waals surface area contributed by atoms with Crippen molar-refractivity contribution in [2.24, 2.45) is 0 Å². The topological polar surface area (TPSA) is 95.9 Å². The van der Waals surface area contributed by atoms with Crippen molar-refractivity contribution in [1.29, 1.82) is 0 Å². The van der Waals surface area contributed by atoms with E-state index in [1.807, 2.05) is 0 Å². The number of aliphatic hydroxyl groups excluding tert-OH is 2. The highest BCUT2D eigenvalue weighted by Gasteiger charge is 2.20. The third-order valence-electron chi connectivity index (χ3n) is 15.3. The van der Waals surface area contributed by atoms with Gasteiger partial charge in [-0.2, -0.15) is 0 Å². The van der Waals surface area contributed by atoms with Crippen molar-refractivity contribution in [1.82, 2.24) is 5.32 Å². The van der Waals surface area contributed by atoms with Crippen molar-refractivity contribution in [3.8, 4) is 0 Å². The van der Waals surface area contributed by atoms with Crippen molar-refractivity contribution < 1.29 is 24.5 Å². The number of unbranched alkanes of at least 4 members (excludes halogenated alkanes) is 46. The zero-order valence-corrected chi connectivity index (χ0v) is 48.7. The van der Waals surface area contributed by atoms with Gasteiger partial charge in [-0.05, 0) is 57.8 Å². The molecule has 0 bridgehead atoms. The molecule has 0 aliphatic heterocycles. The molecule has 0 aromatic rings. The van der Waals surface area contributed by atoms with Crippen molar-refractivity contribution >= 4 is 11.9 Å². The number of allylic oxidation sites excluding steroid dienone is 4. The number of amides is 1. The van der Waals surface area contributed by atoms with Crippen molar-refractivity contribution in [3.63, 3.8) is 0 Å². The van der Waals surface area contributed by atoms with Gasteiger partial charge in [0.25, 0.3) is 0 Å². The zero-order valence-electron chi connectivity index (χ0n) is 48.7. The summed E-state index contributed by atoms with van der Waals surface area (Å²) in [7, 11) is 0. The van der Waals surface area contributed by atoms with Gasteiger partial charge in [-0.1, -0.05) is 314 Å². The SMILES string of the molecule is CCCCC/C=C\C/C=C\CCCCCCCCCC(=O)OCCCCCCCCCCCCCCCCCCCC(=O)NC(CO)C(O)CCCCCCCCCCCCCCCCCCCCCCC. The van der Waals surface area contributed by atoms with Crippen LogP contribution < -0.4 is 5.32 Å². The van der Waals surface area contributed by atoms with Crippen molar-refractivity contribution in [3.05, 3.63) is 24.3 Å². The van der Waals surface area contributed by atoms with Gasteiger partial charge in [0.05, 0.1) is 25.4 Å². The number of carbonyl (C=O) groups is 2. The quantitative estimate of drug-likeness (QED) is 0.0320. The van der Waals surface area contributed by atoms with Gasteiger partial charge in [0.1, 0.15) is 0 Å². The fourth-order valence-corrected chi connectivity index (χ4v) is 10.3. The average Bonchev–Trinajstić information content (AvgIpc) is 3.38. The largest absolute Gasteiger partial charge is 0.466 e. The second-order valence-corrected chi connectivity index (χ2v) is 22.5. The lowest BCUT2D eigenvalue weighted by Gasteiger charge is -2.22. The fourth-order valence-electron chi connectivity index (χ4n) is 10.3. The van der Waals surface area contributed by atoms with Gasteiger partial charge in [0.2, 0.25) is 5.91 Å². The zero-order chi connectivity index (χ0) is 52.2. The van der Waals surface area contributed by atoms with Crippen LogP contribution in [0.3, 0.4) is 0 Å². The Balaban J connectivity index is 3.41. The summed E-state index contributed by atoms with van der Waals surface area (Å²) >= 11 is 0. The van der Waals surface area contributed by atoms with E-state index in [0.29, 0.717) is 25.9 Å². The number of hydrogen-bond donors (Lipinski definition) is 3. The summed E-state index contributed by atoms with van der Waals surface area (Å²) in [5.74, 6) is -0.0382. The van der Waals surface area contributed by atoms with E-state index in [9.17, 15) is 19.8 Å². The summed E-state index contributed by atoms with van der Waals surface area (Å²) in [6, 6.07) is -0.547. The summed E-state index contributed by atoms with van der Waals surface area (Å²) < 4.78 is 5.49. The summed E-state index contributed by atoms with van der Waals surface area (Å²) in [6.45, 7) is 4.94. The lowest BCUT2D eigenvalue weighted by atomic mass is 10.0. The smallest absolute Gasteiger partial charge is 0.305 e. The van der Waals surface area contributed by atoms with E-state index in [1.165, 1.54) is 276 Å². The molecule has 0 aromatic heterocycles. The van der Waals surface area contributed by atoms with Gasteiger partial charge in [-0.15, -0.1) is 0 Å². The maximum absolute atomic E-state index is 12.5. The number of nitrogens with one attached hydrogen (secondary N) is 1. The first-order valence-electron chi connectivity index (χ1n) is 32.6. The first-order chi connectivity index (χ1) is 35.5. The normalized spacial score (nSPS) is 12.7. The van der Waals surface area contributed by atoms with E-state index in [-0.39, 0.29) is 18.5 Å². The van der Waals surface area contributed by atoms with Gasteiger partial charge in [0.15, 0.2) is 0 Å². The molecule has 6 nitrogen and oxygen atoms in total. The molecule has 0 fully saturated rings. The predicted octanol–water partition coefficient (Wildman–Crippen LogP) is 20.6. The standard InChI is InChI=1S/C66H127NO5/c1-3-5-7-9-11-13-15-17-19-21-22-23-24-27-30-34-38-42-46-50-54-58-64(69)63(62-68)67-65(70)59-55-51-47-43-39-35-31-28-25-29-33-37-41-45-49-53-57-61-72-66(71)60-56-52-48-44-40-36-32-26-20-18-16-14-12-10-8-6-4-2/h12,14,18,20,63-64,68-69H,3-11,13,15-17,19,21-62H2,1-2H3,(H,67,70)/b14-12-,20-18-. The van der Waals surface area contributed by atoms with E-state index < -0.39 is 12.1 Å². The molecule has 426 valence electrons. The Kier molecular flexibility index (Phi) is 60.5. The minimum atomic E-state index is -0.669. The van der Waals surface area contributed by atoms with Gasteiger partial charge < -0.3 is 20.3 Å². The molecular weight excluding hydrogens is 887 g/mol. The number of carbonyl (C=O) groups excluding carboxylic acids is 2. The molecule has 0 rings (SSSR count). The van der Waals surface area contributed by atoms with E-state index >= 15 is 0 Å². The molecule has 2 unspecified atom stereocenters. The summed E-state index contributed by atoms with van der Waals surface area (Å²) in [6.07, 6.45) is 76.1. The van der Waals surface area contributed by atoms with Crippen molar-refractivity contribution in [2.45, 2.75) is 373 Å². The summed E-state index contributed by atoms with van der Waals surface area (Å²) in [5, 5.41) is 23.4. The molecule has 2 atom stereocenters. The van der Waals surface area contributed by atoms with Crippen LogP contribution in [-0.2, 0) is 14.3 Å². The van der Waals surface area contributed by atoms with Crippen LogP contribution in [0, 0.1) is 0 Å². The van der Waals surface area contributed by atoms with E-state index in [2.05, 4.69) is 43.5 Å². The number of hydrogen-bond acceptors (Lipinski definition) is 5. The second-order valence-electron chi connectivity index (χ2n) is 22.5. The predicted molar refractivity (Wildman–Crippen MR) is 315 cm³/mol. The van der Waals surface area contributed by atoms with Gasteiger partial charge in [-0.25, -0.2) is 0 Å². The molecule has 0 aliphatic carbocycles. The Morgan fingerprint density at radius 3 is 1.08 bits per heavy atom. The van der Waals surface area contributed by atoms with Crippen LogP contribution >= 0.6 is 0 Å². The molecule has 0 aromatic carbocycles. The Hall–Kier alpha value is -1.66. The third-order valence-corrected chi connectivity index (χ3v) is 15.3. The molecule has 72 heavy (non-hydrogen) atoms. The van der Waals surface area contributed by atoms with Gasteiger partial charge in [0, 0.05) is 12.8 Å². The van der Waals surface area contributed by atoms with Gasteiger partial charge in [-0.3, -0.25) is 9.59 Å². The molecule has 0 radical (unpaired) electrons. The molecule has 0 saturated heterocycles. The highest BCUT2D eigenvalue weighted by atomic mass is 16.5. The molecular formula is C66H127NO5. The first kappa shape index (κ1) is 70.3. The van der Waals surface area contributed by atoms with Crippen molar-refractivity contribution in [2.75, 3.05) is 13.2 Å². The van der Waals surface area contributed by atoms with Gasteiger partial charge >= 0.3 is 5.97 Å². The van der Waals surface area contributed by atoms with Crippen LogP contribution in [0.15, 0.2) is 24.3 Å². The van der Waals surface area contributed by atoms with Crippen LogP contribution in [0.5, 0.6) is 0 Å². The number of aliphatic hydroxyl groups is 2. The summed E-state index contributed by atoms with van der Waals surface area (Å²) in [4.78, 5) is 24.6. The lowest BCUT2D eigenvalue weighted by Crippen LogP contribution is -2.45. The Morgan fingerprint density at radius 2 is 0.694 bits per heavy atom. The van der Waals surface area contributed by atoms with Crippen LogP contribution in [0.2, 0.25) is 0 Å². The maximum atomic E-state index is 12.5. The number of ether oxygens (including phenoxy) is 1. The third kappa shape index (κ3) is 57.6. The Bertz CT molecular complexity index is 1120. The molecule has 3 N–H and O–H groups in total. The Morgan fingerprint density at radius 1 is 0.389 bits per heavy atom. The van der Waals surface area contributed by atoms with Crippen LogP contribution in [0.1, 0.15) is 361 Å². The number of esters is 1. The maximum Gasteiger partial charge on any atom is 0.305 e. The average molecular weight is 1010 g/mol. The van der Waals surface area contributed by atoms with E-state index in [0.717, 1.165) is 51.4 Å². The van der Waals surface area contributed by atoms with Crippen LogP contribution in [0.25, 0.3) is 0 Å². The highest BCUT2D eigenvalue weighted by Crippen LogP contribution is 2.18. The Labute approximate surface area is 450 Å². The fraction of sp³-hybridized carbons (Fsp3) is 0.909. The lowest BCUT2D eigenvalue weighted by molar-refractivity contribution is -0.143. The van der Waals surface area contributed by atoms with Crippen LogP contribution in [0.4, 0.5) is 0 Å². The molecule has 0 aliphatic rings. The monoisotopic (exact) mass is 1010 g/mol. The molecule has 1 amide bonds. The molecule has 0 heterocycles. The van der Waals surface area contributed by atoms with E-state index in [4.69, 9.17) is 4.74 Å². The highest BCUT2D eigenvalue weighted by molar-refractivity contribution is 5.76. The molecule has 0 saturated carbocycles. The molecule has 6 heteroatoms. The van der Waals surface area contributed by atoms with Crippen LogP contribution in [-0.4, -0.2) is 47.4 Å². The first-order valence-corrected chi connectivity index (χ1v) is 32.6. The number of rotatable bonds is 61. The summed E-state index contributed by atoms with van der Waals surface area (Å²) in [5.41, 5.74) is 0. The van der Waals surface area contributed by atoms with E-state index in [1.54, 1.807) is 0 Å². The minimum absolute atomic E-state index is 0.00141. The molecule has 0 spiro atoms. The minimum Gasteiger partial charge on any atom is -0.466 e. The second kappa shape index (κ2) is 61.9.